The number of carbonyl (C=O) groups is 1. The van der Waals surface area contributed by atoms with Gasteiger partial charge in [0, 0.05) is 0 Å². The van der Waals surface area contributed by atoms with Gasteiger partial charge in [0.1, 0.15) is 5.92 Å². The minimum Gasteiger partial charge on any atom is -0.369 e. The molecule has 1 aromatic carbocycles. The number of benzene rings is 1. The Balaban J connectivity index is 2.28. The minimum atomic E-state index is -2.97. The zero-order valence-corrected chi connectivity index (χ0v) is 7.28. The SMILES string of the molecule is NC(=O)C1C(c2ccccc2)C1(F)F. The number of hydrogen-bond donors (Lipinski definition) is 1. The molecule has 1 aliphatic carbocycles. The van der Waals surface area contributed by atoms with Gasteiger partial charge in [-0.05, 0) is 5.56 Å². The van der Waals surface area contributed by atoms with Gasteiger partial charge in [0.05, 0.1) is 5.92 Å². The van der Waals surface area contributed by atoms with Crippen molar-refractivity contribution in [2.75, 3.05) is 0 Å². The standard InChI is InChI=1S/C10H9F2NO/c11-10(12)7(8(10)9(13)14)6-4-2-1-3-5-6/h1-5,7-8H,(H2,13,14). The van der Waals surface area contributed by atoms with Crippen molar-refractivity contribution in [1.82, 2.24) is 0 Å². The van der Waals surface area contributed by atoms with Gasteiger partial charge in [0.25, 0.3) is 5.92 Å². The van der Waals surface area contributed by atoms with Crippen molar-refractivity contribution in [2.45, 2.75) is 11.8 Å². The van der Waals surface area contributed by atoms with Crippen LogP contribution in [0.25, 0.3) is 0 Å². The maximum atomic E-state index is 13.1. The predicted molar refractivity (Wildman–Crippen MR) is 46.8 cm³/mol. The molecule has 0 bridgehead atoms. The number of alkyl halides is 2. The average molecular weight is 197 g/mol. The Labute approximate surface area is 79.7 Å². The van der Waals surface area contributed by atoms with Crippen LogP contribution < -0.4 is 5.73 Å². The van der Waals surface area contributed by atoms with Gasteiger partial charge in [-0.25, -0.2) is 8.78 Å². The molecule has 1 fully saturated rings. The second kappa shape index (κ2) is 2.77. The summed E-state index contributed by atoms with van der Waals surface area (Å²) < 4.78 is 26.2. The van der Waals surface area contributed by atoms with Gasteiger partial charge in [-0.1, -0.05) is 30.3 Å². The Hall–Kier alpha value is -1.45. The van der Waals surface area contributed by atoms with Gasteiger partial charge >= 0.3 is 0 Å². The van der Waals surface area contributed by atoms with Crippen molar-refractivity contribution in [3.8, 4) is 0 Å². The summed E-state index contributed by atoms with van der Waals surface area (Å²) in [5.41, 5.74) is 5.36. The average Bonchev–Trinajstić information content (AvgIpc) is 2.71. The van der Waals surface area contributed by atoms with E-state index in [2.05, 4.69) is 0 Å². The maximum Gasteiger partial charge on any atom is 0.268 e. The molecule has 2 atom stereocenters. The second-order valence-corrected chi connectivity index (χ2v) is 3.44. The van der Waals surface area contributed by atoms with E-state index in [1.54, 1.807) is 30.3 Å². The minimum absolute atomic E-state index is 0.473. The Morgan fingerprint density at radius 3 is 2.29 bits per heavy atom. The molecule has 0 aromatic heterocycles. The molecule has 0 saturated heterocycles. The smallest absolute Gasteiger partial charge is 0.268 e. The molecule has 2 unspecified atom stereocenters. The van der Waals surface area contributed by atoms with Crippen molar-refractivity contribution in [3.05, 3.63) is 35.9 Å². The highest BCUT2D eigenvalue weighted by Gasteiger charge is 2.71. The highest BCUT2D eigenvalue weighted by Crippen LogP contribution is 2.61. The first kappa shape index (κ1) is 9.12. The molecular formula is C10H9F2NO. The summed E-state index contributed by atoms with van der Waals surface area (Å²) in [6, 6.07) is 8.25. The zero-order chi connectivity index (χ0) is 10.3. The van der Waals surface area contributed by atoms with E-state index in [4.69, 9.17) is 5.73 Å². The fourth-order valence-corrected chi connectivity index (χ4v) is 1.76. The third-order valence-corrected chi connectivity index (χ3v) is 2.52. The van der Waals surface area contributed by atoms with Crippen LogP contribution in [0.4, 0.5) is 8.78 Å². The molecule has 0 spiro atoms. The van der Waals surface area contributed by atoms with E-state index < -0.39 is 23.7 Å². The Morgan fingerprint density at radius 1 is 1.29 bits per heavy atom. The first-order chi connectivity index (χ1) is 6.55. The van der Waals surface area contributed by atoms with Crippen LogP contribution in [0.15, 0.2) is 30.3 Å². The summed E-state index contributed by atoms with van der Waals surface area (Å²) in [5.74, 6) is -6.25. The molecule has 1 saturated carbocycles. The number of primary amides is 1. The van der Waals surface area contributed by atoms with Crippen LogP contribution in [0.2, 0.25) is 0 Å². The Bertz CT molecular complexity index is 364. The van der Waals surface area contributed by atoms with E-state index in [9.17, 15) is 13.6 Å². The summed E-state index contributed by atoms with van der Waals surface area (Å²) in [6.45, 7) is 0. The van der Waals surface area contributed by atoms with Crippen LogP contribution in [0, 0.1) is 5.92 Å². The molecule has 2 nitrogen and oxygen atoms in total. The first-order valence-electron chi connectivity index (χ1n) is 4.27. The highest BCUT2D eigenvalue weighted by molar-refractivity contribution is 5.83. The van der Waals surface area contributed by atoms with E-state index in [1.807, 2.05) is 0 Å². The third kappa shape index (κ3) is 1.18. The first-order valence-corrected chi connectivity index (χ1v) is 4.27. The van der Waals surface area contributed by atoms with Gasteiger partial charge in [-0.15, -0.1) is 0 Å². The topological polar surface area (TPSA) is 43.1 Å². The molecule has 2 rings (SSSR count). The van der Waals surface area contributed by atoms with Crippen molar-refractivity contribution in [2.24, 2.45) is 11.7 Å². The zero-order valence-electron chi connectivity index (χ0n) is 7.28. The van der Waals surface area contributed by atoms with E-state index in [0.717, 1.165) is 0 Å². The quantitative estimate of drug-likeness (QED) is 0.767. The van der Waals surface area contributed by atoms with Gasteiger partial charge in [-0.3, -0.25) is 4.79 Å². The van der Waals surface area contributed by atoms with Crippen LogP contribution in [-0.4, -0.2) is 11.8 Å². The number of amides is 1. The lowest BCUT2D eigenvalue weighted by molar-refractivity contribution is -0.121. The predicted octanol–water partition coefficient (Wildman–Crippen LogP) is 1.52. The molecule has 1 aromatic rings. The molecule has 2 N–H and O–H groups in total. The van der Waals surface area contributed by atoms with Crippen molar-refractivity contribution < 1.29 is 13.6 Å². The fraction of sp³-hybridized carbons (Fsp3) is 0.300. The van der Waals surface area contributed by atoms with Crippen LogP contribution in [-0.2, 0) is 4.79 Å². The number of hydrogen-bond acceptors (Lipinski definition) is 1. The van der Waals surface area contributed by atoms with Crippen LogP contribution >= 0.6 is 0 Å². The van der Waals surface area contributed by atoms with Gasteiger partial charge in [-0.2, -0.15) is 0 Å². The lowest BCUT2D eigenvalue weighted by Gasteiger charge is -1.96. The summed E-state index contributed by atoms with van der Waals surface area (Å²) in [6.07, 6.45) is 0. The second-order valence-electron chi connectivity index (χ2n) is 3.44. The molecule has 0 heterocycles. The van der Waals surface area contributed by atoms with E-state index >= 15 is 0 Å². The summed E-state index contributed by atoms with van der Waals surface area (Å²) in [4.78, 5) is 10.7. The Morgan fingerprint density at radius 2 is 1.86 bits per heavy atom. The van der Waals surface area contributed by atoms with E-state index in [1.165, 1.54) is 0 Å². The molecule has 74 valence electrons. The molecule has 1 amide bonds. The lowest BCUT2D eigenvalue weighted by Crippen LogP contribution is -2.17. The fourth-order valence-electron chi connectivity index (χ4n) is 1.76. The van der Waals surface area contributed by atoms with E-state index in [-0.39, 0.29) is 0 Å². The molecular weight excluding hydrogens is 188 g/mol. The van der Waals surface area contributed by atoms with Crippen molar-refractivity contribution >= 4 is 5.91 Å². The van der Waals surface area contributed by atoms with Crippen LogP contribution in [0.5, 0.6) is 0 Å². The van der Waals surface area contributed by atoms with Crippen molar-refractivity contribution in [1.29, 1.82) is 0 Å². The monoisotopic (exact) mass is 197 g/mol. The third-order valence-electron chi connectivity index (χ3n) is 2.52. The Kier molecular flexibility index (Phi) is 1.80. The largest absolute Gasteiger partial charge is 0.369 e. The molecule has 4 heteroatoms. The molecule has 1 aliphatic rings. The normalized spacial score (nSPS) is 28.4. The van der Waals surface area contributed by atoms with E-state index in [0.29, 0.717) is 5.56 Å². The number of rotatable bonds is 2. The summed E-state index contributed by atoms with van der Waals surface area (Å²) in [7, 11) is 0. The van der Waals surface area contributed by atoms with Gasteiger partial charge < -0.3 is 5.73 Å². The van der Waals surface area contributed by atoms with Gasteiger partial charge in [0.2, 0.25) is 5.91 Å². The molecule has 0 radical (unpaired) electrons. The number of nitrogens with two attached hydrogens (primary N) is 1. The number of halogens is 2. The maximum absolute atomic E-state index is 13.1. The number of carbonyl (C=O) groups excluding carboxylic acids is 1. The molecule has 14 heavy (non-hydrogen) atoms. The van der Waals surface area contributed by atoms with Crippen LogP contribution in [0.3, 0.4) is 0 Å². The van der Waals surface area contributed by atoms with Crippen molar-refractivity contribution in [3.63, 3.8) is 0 Å². The summed E-state index contributed by atoms with van der Waals surface area (Å²) in [5, 5.41) is 0. The highest BCUT2D eigenvalue weighted by atomic mass is 19.3. The van der Waals surface area contributed by atoms with Gasteiger partial charge in [0.15, 0.2) is 0 Å². The molecule has 0 aliphatic heterocycles. The summed E-state index contributed by atoms with van der Waals surface area (Å²) >= 11 is 0. The lowest BCUT2D eigenvalue weighted by atomic mass is 10.1. The van der Waals surface area contributed by atoms with Crippen LogP contribution in [0.1, 0.15) is 11.5 Å².